The molecule has 8 nitrogen and oxygen atoms in total. The lowest BCUT2D eigenvalue weighted by Gasteiger charge is -2.09. The highest BCUT2D eigenvalue weighted by Gasteiger charge is 2.23. The number of hydrogen-bond donors (Lipinski definition) is 0. The van der Waals surface area contributed by atoms with Crippen molar-refractivity contribution in [2.45, 2.75) is 26.9 Å². The van der Waals surface area contributed by atoms with Gasteiger partial charge >= 0.3 is 5.69 Å². The second kappa shape index (κ2) is 7.02. The lowest BCUT2D eigenvalue weighted by Crippen LogP contribution is -2.39. The van der Waals surface area contributed by atoms with Crippen LogP contribution in [0, 0.1) is 13.8 Å². The first kappa shape index (κ1) is 19.4. The van der Waals surface area contributed by atoms with Crippen molar-refractivity contribution >= 4 is 28.5 Å². The van der Waals surface area contributed by atoms with Crippen molar-refractivity contribution in [3.63, 3.8) is 0 Å². The van der Waals surface area contributed by atoms with E-state index in [4.69, 9.17) is 16.0 Å². The Labute approximate surface area is 181 Å². The summed E-state index contributed by atoms with van der Waals surface area (Å²) in [5.74, 6) is 1.37. The first-order valence-corrected chi connectivity index (χ1v) is 10.2. The van der Waals surface area contributed by atoms with Crippen LogP contribution in [0.2, 0.25) is 5.02 Å². The molecule has 0 amide bonds. The van der Waals surface area contributed by atoms with E-state index in [-0.39, 0.29) is 12.1 Å². The first-order valence-electron chi connectivity index (χ1n) is 9.81. The number of nitrogens with zero attached hydrogens (tertiary/aromatic N) is 5. The quantitative estimate of drug-likeness (QED) is 0.432. The van der Waals surface area contributed by atoms with Crippen molar-refractivity contribution in [2.24, 2.45) is 7.05 Å². The summed E-state index contributed by atoms with van der Waals surface area (Å²) in [6, 6.07) is 10.9. The van der Waals surface area contributed by atoms with Gasteiger partial charge in [0.15, 0.2) is 11.2 Å². The zero-order valence-corrected chi connectivity index (χ0v) is 18.1. The topological polar surface area (TPSA) is 79.4 Å². The van der Waals surface area contributed by atoms with Gasteiger partial charge in [-0.05, 0) is 43.7 Å². The summed E-state index contributed by atoms with van der Waals surface area (Å²) < 4.78 is 11.9. The Morgan fingerprint density at radius 1 is 1.03 bits per heavy atom. The van der Waals surface area contributed by atoms with Crippen molar-refractivity contribution in [2.75, 3.05) is 0 Å². The highest BCUT2D eigenvalue weighted by molar-refractivity contribution is 6.30. The maximum Gasteiger partial charge on any atom is 0.332 e. The third kappa shape index (κ3) is 2.94. The standard InChI is InChI=1S/C22H20ClN5O3/c1-13-14(2)28-18-19(24-21(28)26(13)12-17-8-5-9-31-17)25(3)22(30)27(20(18)29)11-15-6-4-7-16(23)10-15/h4-10H,11-12H2,1-3H3. The lowest BCUT2D eigenvalue weighted by molar-refractivity contribution is 0.494. The molecule has 0 radical (unpaired) electrons. The Hall–Kier alpha value is -3.52. The molecule has 0 atom stereocenters. The maximum absolute atomic E-state index is 13.5. The number of rotatable bonds is 4. The monoisotopic (exact) mass is 437 g/mol. The summed E-state index contributed by atoms with van der Waals surface area (Å²) in [6.07, 6.45) is 1.62. The average Bonchev–Trinajstić information content (AvgIpc) is 3.44. The van der Waals surface area contributed by atoms with Gasteiger partial charge in [0.2, 0.25) is 5.78 Å². The van der Waals surface area contributed by atoms with Crippen LogP contribution in [-0.4, -0.2) is 23.1 Å². The number of furan rings is 1. The van der Waals surface area contributed by atoms with Gasteiger partial charge in [-0.25, -0.2) is 4.79 Å². The molecule has 0 fully saturated rings. The number of benzene rings is 1. The maximum atomic E-state index is 13.5. The molecule has 0 aliphatic carbocycles. The predicted octanol–water partition coefficient (Wildman–Crippen LogP) is 3.11. The van der Waals surface area contributed by atoms with E-state index in [0.717, 1.165) is 22.7 Å². The molecule has 5 aromatic rings. The van der Waals surface area contributed by atoms with Gasteiger partial charge in [-0.3, -0.25) is 18.3 Å². The zero-order chi connectivity index (χ0) is 21.9. The van der Waals surface area contributed by atoms with Crippen LogP contribution in [0.1, 0.15) is 22.7 Å². The number of aromatic nitrogens is 5. The largest absolute Gasteiger partial charge is 0.467 e. The molecular weight excluding hydrogens is 418 g/mol. The van der Waals surface area contributed by atoms with Crippen LogP contribution in [0.3, 0.4) is 0 Å². The van der Waals surface area contributed by atoms with Crippen LogP contribution < -0.4 is 11.2 Å². The molecule has 0 saturated heterocycles. The van der Waals surface area contributed by atoms with E-state index < -0.39 is 5.69 Å². The normalized spacial score (nSPS) is 11.7. The summed E-state index contributed by atoms with van der Waals surface area (Å²) in [4.78, 5) is 31.2. The van der Waals surface area contributed by atoms with Crippen LogP contribution in [-0.2, 0) is 20.1 Å². The minimum Gasteiger partial charge on any atom is -0.467 e. The third-order valence-corrected chi connectivity index (χ3v) is 5.99. The molecule has 0 unspecified atom stereocenters. The highest BCUT2D eigenvalue weighted by Crippen LogP contribution is 2.22. The molecule has 1 aromatic carbocycles. The molecule has 0 spiro atoms. The second-order valence-corrected chi connectivity index (χ2v) is 8.06. The zero-order valence-electron chi connectivity index (χ0n) is 17.3. The molecule has 0 aliphatic heterocycles. The van der Waals surface area contributed by atoms with Crippen LogP contribution in [0.4, 0.5) is 0 Å². The van der Waals surface area contributed by atoms with Crippen LogP contribution in [0.25, 0.3) is 16.9 Å². The molecular formula is C22H20ClN5O3. The lowest BCUT2D eigenvalue weighted by atomic mass is 10.2. The van der Waals surface area contributed by atoms with Gasteiger partial charge in [0.05, 0.1) is 19.4 Å². The van der Waals surface area contributed by atoms with Gasteiger partial charge < -0.3 is 8.98 Å². The van der Waals surface area contributed by atoms with Crippen molar-refractivity contribution in [3.8, 4) is 0 Å². The molecule has 0 aliphatic rings. The van der Waals surface area contributed by atoms with Crippen molar-refractivity contribution in [3.05, 3.63) is 91.2 Å². The Morgan fingerprint density at radius 2 is 1.84 bits per heavy atom. The van der Waals surface area contributed by atoms with E-state index in [2.05, 4.69) is 4.98 Å². The van der Waals surface area contributed by atoms with E-state index in [1.165, 1.54) is 9.13 Å². The molecule has 31 heavy (non-hydrogen) atoms. The third-order valence-electron chi connectivity index (χ3n) is 5.75. The molecule has 9 heteroatoms. The number of fused-ring (bicyclic) bond motifs is 3. The molecule has 0 bridgehead atoms. The Balaban J connectivity index is 1.78. The fourth-order valence-electron chi connectivity index (χ4n) is 4.02. The summed E-state index contributed by atoms with van der Waals surface area (Å²) >= 11 is 6.08. The highest BCUT2D eigenvalue weighted by atomic mass is 35.5. The van der Waals surface area contributed by atoms with Crippen molar-refractivity contribution in [1.82, 2.24) is 23.1 Å². The van der Waals surface area contributed by atoms with E-state index in [9.17, 15) is 9.59 Å². The molecule has 4 aromatic heterocycles. The fourth-order valence-corrected chi connectivity index (χ4v) is 4.23. The minimum absolute atomic E-state index is 0.125. The van der Waals surface area contributed by atoms with Gasteiger partial charge in [0.25, 0.3) is 5.56 Å². The van der Waals surface area contributed by atoms with Gasteiger partial charge in [0, 0.05) is 23.5 Å². The van der Waals surface area contributed by atoms with E-state index in [0.29, 0.717) is 28.5 Å². The van der Waals surface area contributed by atoms with Crippen molar-refractivity contribution in [1.29, 1.82) is 0 Å². The summed E-state index contributed by atoms with van der Waals surface area (Å²) in [7, 11) is 1.63. The fraction of sp³-hybridized carbons (Fsp3) is 0.227. The Kier molecular flexibility index (Phi) is 4.40. The molecule has 158 valence electrons. The van der Waals surface area contributed by atoms with Crippen LogP contribution in [0.5, 0.6) is 0 Å². The summed E-state index contributed by atoms with van der Waals surface area (Å²) in [5, 5.41) is 0.552. The van der Waals surface area contributed by atoms with E-state index >= 15 is 0 Å². The summed E-state index contributed by atoms with van der Waals surface area (Å²) in [5.41, 5.74) is 2.54. The molecule has 5 rings (SSSR count). The Morgan fingerprint density at radius 3 is 2.55 bits per heavy atom. The number of halogens is 1. The van der Waals surface area contributed by atoms with Crippen molar-refractivity contribution < 1.29 is 4.42 Å². The van der Waals surface area contributed by atoms with Crippen LogP contribution >= 0.6 is 11.6 Å². The second-order valence-electron chi connectivity index (χ2n) is 7.62. The van der Waals surface area contributed by atoms with E-state index in [1.807, 2.05) is 41.0 Å². The molecule has 4 heterocycles. The van der Waals surface area contributed by atoms with Gasteiger partial charge in [-0.15, -0.1) is 0 Å². The smallest absolute Gasteiger partial charge is 0.332 e. The average molecular weight is 438 g/mol. The number of imidazole rings is 2. The predicted molar refractivity (Wildman–Crippen MR) is 118 cm³/mol. The van der Waals surface area contributed by atoms with Gasteiger partial charge in [-0.2, -0.15) is 4.98 Å². The first-order chi connectivity index (χ1) is 14.9. The van der Waals surface area contributed by atoms with Crippen LogP contribution in [0.15, 0.2) is 56.7 Å². The minimum atomic E-state index is -0.426. The SMILES string of the molecule is Cc1c(C)n2c3c(=O)n(Cc4cccc(Cl)c4)c(=O)n(C)c3nc2n1Cc1ccco1. The number of aryl methyl sites for hydroxylation is 2. The van der Waals surface area contributed by atoms with E-state index in [1.54, 1.807) is 31.5 Å². The Bertz CT molecular complexity index is 1570. The molecule has 0 N–H and O–H groups in total. The molecule has 0 saturated carbocycles. The van der Waals surface area contributed by atoms with Gasteiger partial charge in [-0.1, -0.05) is 23.7 Å². The number of hydrogen-bond acceptors (Lipinski definition) is 4. The summed E-state index contributed by atoms with van der Waals surface area (Å²) in [6.45, 7) is 4.52. The van der Waals surface area contributed by atoms with Gasteiger partial charge in [0.1, 0.15) is 5.76 Å².